The third-order valence-electron chi connectivity index (χ3n) is 4.73. The van der Waals surface area contributed by atoms with Crippen molar-refractivity contribution in [1.29, 1.82) is 5.26 Å². The molecule has 2 rings (SSSR count). The monoisotopic (exact) mass is 395 g/mol. The lowest BCUT2D eigenvalue weighted by atomic mass is 10.1. The third kappa shape index (κ3) is 5.59. The summed E-state index contributed by atoms with van der Waals surface area (Å²) in [5, 5.41) is 12.9. The maximum Gasteiger partial charge on any atom is 0.237 e. The van der Waals surface area contributed by atoms with E-state index in [-0.39, 0.29) is 11.2 Å². The topological polar surface area (TPSA) is 65.8 Å². The summed E-state index contributed by atoms with van der Waals surface area (Å²) in [5.74, 6) is -0.0406. The Bertz CT molecular complexity index is 857. The van der Waals surface area contributed by atoms with Gasteiger partial charge in [-0.1, -0.05) is 57.2 Å². The van der Waals surface area contributed by atoms with Gasteiger partial charge in [-0.05, 0) is 55.9 Å². The number of unbranched alkanes of at least 4 members (excludes halogenated alkanes) is 1. The number of aromatic nitrogens is 1. The normalized spacial score (nSPS) is 11.7. The first-order valence-corrected chi connectivity index (χ1v) is 10.9. The molecule has 0 aliphatic heterocycles. The van der Waals surface area contributed by atoms with Crippen molar-refractivity contribution in [3.05, 3.63) is 52.7 Å². The van der Waals surface area contributed by atoms with Crippen molar-refractivity contribution in [1.82, 2.24) is 4.98 Å². The number of carbonyl (C=O) groups excluding carboxylic acids is 1. The summed E-state index contributed by atoms with van der Waals surface area (Å²) in [4.78, 5) is 17.7. The van der Waals surface area contributed by atoms with Gasteiger partial charge in [-0.2, -0.15) is 5.26 Å². The van der Waals surface area contributed by atoms with Crippen LogP contribution in [0.1, 0.15) is 62.4 Å². The molecule has 2 aromatic rings. The molecule has 0 bridgehead atoms. The molecule has 28 heavy (non-hydrogen) atoms. The first kappa shape index (κ1) is 22.0. The quantitative estimate of drug-likeness (QED) is 0.555. The lowest BCUT2D eigenvalue weighted by molar-refractivity contribution is -0.115. The molecule has 0 radical (unpaired) electrons. The Kier molecular flexibility index (Phi) is 8.53. The second-order valence-electron chi connectivity index (χ2n) is 6.84. The number of nitrogens with zero attached hydrogens (tertiary/aromatic N) is 2. The van der Waals surface area contributed by atoms with Crippen LogP contribution in [0.4, 0.5) is 5.69 Å². The van der Waals surface area contributed by atoms with Gasteiger partial charge in [-0.15, -0.1) is 0 Å². The second kappa shape index (κ2) is 10.9. The van der Waals surface area contributed by atoms with E-state index >= 15 is 0 Å². The standard InChI is InChI=1S/C23H29N3OS/c1-5-8-12-19-14-13-18(15-24)23(25-19)28-20(7-3)22(27)26-21-16(4)10-9-11-17(21)6-2/h9-11,13-14,20H,5-8,12H2,1-4H3,(H,26,27). The lowest BCUT2D eigenvalue weighted by Gasteiger charge is -2.18. The molecule has 0 aliphatic rings. The van der Waals surface area contributed by atoms with E-state index in [0.29, 0.717) is 17.0 Å². The van der Waals surface area contributed by atoms with E-state index in [1.54, 1.807) is 0 Å². The number of para-hydroxylation sites is 1. The minimum absolute atomic E-state index is 0.0406. The van der Waals surface area contributed by atoms with Gasteiger partial charge in [0.1, 0.15) is 11.1 Å². The molecule has 0 fully saturated rings. The average Bonchev–Trinajstić information content (AvgIpc) is 2.71. The van der Waals surface area contributed by atoms with Crippen LogP contribution in [0.2, 0.25) is 0 Å². The maximum absolute atomic E-state index is 13.0. The molecule has 5 heteroatoms. The molecule has 0 saturated heterocycles. The highest BCUT2D eigenvalue weighted by molar-refractivity contribution is 8.00. The minimum Gasteiger partial charge on any atom is -0.325 e. The Labute approximate surface area is 172 Å². The molecule has 1 amide bonds. The zero-order valence-corrected chi connectivity index (χ0v) is 18.0. The number of nitriles is 1. The van der Waals surface area contributed by atoms with E-state index in [0.717, 1.165) is 48.2 Å². The lowest BCUT2D eigenvalue weighted by Crippen LogP contribution is -2.26. The molecule has 148 valence electrons. The van der Waals surface area contributed by atoms with Crippen molar-refractivity contribution < 1.29 is 4.79 Å². The molecule has 0 spiro atoms. The van der Waals surface area contributed by atoms with Crippen LogP contribution in [0.3, 0.4) is 0 Å². The Morgan fingerprint density at radius 3 is 2.68 bits per heavy atom. The molecule has 1 aromatic carbocycles. The number of nitrogens with one attached hydrogen (secondary N) is 1. The highest BCUT2D eigenvalue weighted by Gasteiger charge is 2.22. The number of anilines is 1. The summed E-state index contributed by atoms with van der Waals surface area (Å²) >= 11 is 1.39. The highest BCUT2D eigenvalue weighted by Crippen LogP contribution is 2.29. The molecule has 1 atom stereocenters. The largest absolute Gasteiger partial charge is 0.325 e. The summed E-state index contributed by atoms with van der Waals surface area (Å²) in [6, 6.07) is 12.0. The minimum atomic E-state index is -0.301. The zero-order chi connectivity index (χ0) is 20.5. The predicted octanol–water partition coefficient (Wildman–Crippen LogP) is 5.68. The molecule has 1 heterocycles. The van der Waals surface area contributed by atoms with E-state index in [9.17, 15) is 10.1 Å². The number of rotatable bonds is 9. The molecule has 1 aromatic heterocycles. The van der Waals surface area contributed by atoms with Gasteiger partial charge in [-0.25, -0.2) is 4.98 Å². The van der Waals surface area contributed by atoms with Crippen LogP contribution < -0.4 is 5.32 Å². The van der Waals surface area contributed by atoms with E-state index in [2.05, 4.69) is 30.2 Å². The van der Waals surface area contributed by atoms with Crippen molar-refractivity contribution in [2.45, 2.75) is 70.1 Å². The molecular formula is C23H29N3OS. The number of hydrogen-bond donors (Lipinski definition) is 1. The van der Waals surface area contributed by atoms with Crippen LogP contribution in [0.25, 0.3) is 0 Å². The van der Waals surface area contributed by atoms with Crippen LogP contribution >= 0.6 is 11.8 Å². The van der Waals surface area contributed by atoms with E-state index < -0.39 is 0 Å². The SMILES string of the molecule is CCCCc1ccc(C#N)c(SC(CC)C(=O)Nc2c(C)cccc2CC)n1. The van der Waals surface area contributed by atoms with Crippen molar-refractivity contribution in [3.8, 4) is 6.07 Å². The Hall–Kier alpha value is -2.32. The summed E-state index contributed by atoms with van der Waals surface area (Å²) < 4.78 is 0. The van der Waals surface area contributed by atoms with Gasteiger partial charge in [0.2, 0.25) is 5.91 Å². The number of amides is 1. The fourth-order valence-electron chi connectivity index (χ4n) is 3.01. The van der Waals surface area contributed by atoms with Gasteiger partial charge in [0.25, 0.3) is 0 Å². The third-order valence-corrected chi connectivity index (χ3v) is 6.10. The highest BCUT2D eigenvalue weighted by atomic mass is 32.2. The van der Waals surface area contributed by atoms with Crippen LogP contribution in [-0.4, -0.2) is 16.1 Å². The first-order valence-electron chi connectivity index (χ1n) is 9.99. The molecule has 1 unspecified atom stereocenters. The van der Waals surface area contributed by atoms with Crippen molar-refractivity contribution in [3.63, 3.8) is 0 Å². The van der Waals surface area contributed by atoms with E-state index in [4.69, 9.17) is 0 Å². The van der Waals surface area contributed by atoms with Gasteiger partial charge >= 0.3 is 0 Å². The summed E-state index contributed by atoms with van der Waals surface area (Å²) in [7, 11) is 0. The molecule has 0 saturated carbocycles. The molecular weight excluding hydrogens is 366 g/mol. The van der Waals surface area contributed by atoms with Crippen molar-refractivity contribution in [2.24, 2.45) is 0 Å². The number of thioether (sulfide) groups is 1. The fourth-order valence-corrected chi connectivity index (χ4v) is 4.03. The predicted molar refractivity (Wildman–Crippen MR) is 117 cm³/mol. The number of pyridine rings is 1. The molecule has 4 nitrogen and oxygen atoms in total. The summed E-state index contributed by atoms with van der Waals surface area (Å²) in [6.45, 7) is 8.23. The van der Waals surface area contributed by atoms with Gasteiger partial charge in [0.15, 0.2) is 0 Å². The zero-order valence-electron chi connectivity index (χ0n) is 17.2. The van der Waals surface area contributed by atoms with E-state index in [1.807, 2.05) is 44.2 Å². The Balaban J connectivity index is 2.22. The van der Waals surface area contributed by atoms with Crippen LogP contribution in [0.15, 0.2) is 35.4 Å². The summed E-state index contributed by atoms with van der Waals surface area (Å²) in [6.07, 6.45) is 4.58. The van der Waals surface area contributed by atoms with Crippen molar-refractivity contribution in [2.75, 3.05) is 5.32 Å². The van der Waals surface area contributed by atoms with Gasteiger partial charge < -0.3 is 5.32 Å². The maximum atomic E-state index is 13.0. The van der Waals surface area contributed by atoms with Crippen LogP contribution in [0, 0.1) is 18.3 Å². The smallest absolute Gasteiger partial charge is 0.237 e. The average molecular weight is 396 g/mol. The van der Waals surface area contributed by atoms with Crippen LogP contribution in [0.5, 0.6) is 0 Å². The molecule has 1 N–H and O–H groups in total. The van der Waals surface area contributed by atoms with Crippen LogP contribution in [-0.2, 0) is 17.6 Å². The van der Waals surface area contributed by atoms with E-state index in [1.165, 1.54) is 11.8 Å². The number of carbonyl (C=O) groups is 1. The number of benzene rings is 1. The Morgan fingerprint density at radius 2 is 2.04 bits per heavy atom. The Morgan fingerprint density at radius 1 is 1.25 bits per heavy atom. The first-order chi connectivity index (χ1) is 13.5. The fraction of sp³-hybridized carbons (Fsp3) is 0.435. The second-order valence-corrected chi connectivity index (χ2v) is 8.03. The number of aryl methyl sites for hydroxylation is 3. The number of hydrogen-bond acceptors (Lipinski definition) is 4. The molecule has 0 aliphatic carbocycles. The van der Waals surface area contributed by atoms with Gasteiger partial charge in [0, 0.05) is 11.4 Å². The van der Waals surface area contributed by atoms with Crippen molar-refractivity contribution >= 4 is 23.4 Å². The van der Waals surface area contributed by atoms with Gasteiger partial charge in [-0.3, -0.25) is 4.79 Å². The van der Waals surface area contributed by atoms with Gasteiger partial charge in [0.05, 0.1) is 10.8 Å². The summed E-state index contributed by atoms with van der Waals surface area (Å²) in [5.41, 5.74) is 4.60.